The molecular weight excluding hydrogens is 449 g/mol. The molecule has 1 aromatic rings. The summed E-state index contributed by atoms with van der Waals surface area (Å²) in [6, 6.07) is 0. The number of piperazine rings is 1. The first kappa shape index (κ1) is 21.9. The fraction of sp³-hybridized carbons (Fsp3) is 0.500. The summed E-state index contributed by atoms with van der Waals surface area (Å²) < 4.78 is 1.67. The van der Waals surface area contributed by atoms with Gasteiger partial charge in [-0.25, -0.2) is 4.99 Å². The number of carbonyl (C=O) groups excluding carboxylic acids is 2. The van der Waals surface area contributed by atoms with E-state index in [0.29, 0.717) is 25.6 Å². The number of hydrogen-bond donors (Lipinski definition) is 1. The van der Waals surface area contributed by atoms with Crippen LogP contribution in [0.1, 0.15) is 0 Å². The number of carbonyl (C=O) groups is 2. The summed E-state index contributed by atoms with van der Waals surface area (Å²) in [5.41, 5.74) is 0.785. The second kappa shape index (κ2) is 10.1. The van der Waals surface area contributed by atoms with Crippen molar-refractivity contribution >= 4 is 47.4 Å². The van der Waals surface area contributed by atoms with Crippen LogP contribution in [0.3, 0.4) is 0 Å². The zero-order chi connectivity index (χ0) is 18.4. The van der Waals surface area contributed by atoms with E-state index >= 15 is 0 Å². The van der Waals surface area contributed by atoms with Crippen LogP contribution in [0.15, 0.2) is 30.0 Å². The molecule has 0 unspecified atom stereocenters. The largest absolute Gasteiger partial charge is 0.353 e. The number of likely N-dealkylation sites (N-methyl/N-ethyl adjacent to an activating group) is 1. The predicted octanol–water partition coefficient (Wildman–Crippen LogP) is -0.0935. The maximum Gasteiger partial charge on any atom is 0.246 e. The van der Waals surface area contributed by atoms with Crippen LogP contribution in [0.25, 0.3) is 0 Å². The maximum absolute atomic E-state index is 12.5. The van der Waals surface area contributed by atoms with E-state index in [1.807, 2.05) is 18.1 Å². The molecule has 0 atom stereocenters. The van der Waals surface area contributed by atoms with Crippen LogP contribution in [-0.4, -0.2) is 84.2 Å². The molecule has 1 fully saturated rings. The molecular formula is C16H26IN7O2. The van der Waals surface area contributed by atoms with Crippen molar-refractivity contribution < 1.29 is 9.59 Å². The van der Waals surface area contributed by atoms with Gasteiger partial charge in [-0.05, 0) is 0 Å². The molecule has 10 heteroatoms. The average Bonchev–Trinajstić information content (AvgIpc) is 3.00. The molecule has 2 amide bonds. The molecule has 2 rings (SSSR count). The summed E-state index contributed by atoms with van der Waals surface area (Å²) in [5, 5.41) is 7.22. The SMILES string of the molecule is C=CCNC(=NCC(=O)N(C)C)N1CCN(c2cnn(C)c2)C(=O)C1.I. The van der Waals surface area contributed by atoms with Gasteiger partial charge in [-0.15, -0.1) is 30.6 Å². The smallest absolute Gasteiger partial charge is 0.246 e. The third-order valence-electron chi connectivity index (χ3n) is 3.79. The Kier molecular flexibility index (Phi) is 8.55. The molecule has 0 radical (unpaired) electrons. The van der Waals surface area contributed by atoms with Crippen LogP contribution < -0.4 is 10.2 Å². The van der Waals surface area contributed by atoms with Crippen LogP contribution in [0, 0.1) is 0 Å². The number of nitrogens with one attached hydrogen (secondary N) is 1. The number of aryl methyl sites for hydroxylation is 1. The Morgan fingerprint density at radius 1 is 1.46 bits per heavy atom. The molecule has 2 heterocycles. The summed E-state index contributed by atoms with van der Waals surface area (Å²) in [5.74, 6) is 0.402. The highest BCUT2D eigenvalue weighted by Gasteiger charge is 2.27. The fourth-order valence-corrected chi connectivity index (χ4v) is 2.39. The summed E-state index contributed by atoms with van der Waals surface area (Å²) in [6.45, 7) is 5.54. The molecule has 1 aromatic heterocycles. The lowest BCUT2D eigenvalue weighted by Crippen LogP contribution is -2.55. The van der Waals surface area contributed by atoms with Gasteiger partial charge in [0, 0.05) is 47.0 Å². The van der Waals surface area contributed by atoms with E-state index in [1.165, 1.54) is 4.90 Å². The van der Waals surface area contributed by atoms with E-state index in [-0.39, 0.29) is 48.9 Å². The van der Waals surface area contributed by atoms with Crippen molar-refractivity contribution in [2.24, 2.45) is 12.0 Å². The Morgan fingerprint density at radius 3 is 2.73 bits per heavy atom. The first-order valence-corrected chi connectivity index (χ1v) is 8.05. The lowest BCUT2D eigenvalue weighted by molar-refractivity contribution is -0.127. The Bertz CT molecular complexity index is 671. The van der Waals surface area contributed by atoms with Gasteiger partial charge < -0.3 is 20.0 Å². The number of nitrogens with zero attached hydrogens (tertiary/aromatic N) is 6. The minimum absolute atomic E-state index is 0. The normalized spacial score (nSPS) is 14.7. The first-order chi connectivity index (χ1) is 11.9. The average molecular weight is 475 g/mol. The van der Waals surface area contributed by atoms with E-state index in [2.05, 4.69) is 22.0 Å². The Hall–Kier alpha value is -2.11. The first-order valence-electron chi connectivity index (χ1n) is 8.05. The topological polar surface area (TPSA) is 86.1 Å². The molecule has 9 nitrogen and oxygen atoms in total. The van der Waals surface area contributed by atoms with Crippen LogP contribution in [-0.2, 0) is 16.6 Å². The molecule has 0 aromatic carbocycles. The molecule has 1 aliphatic rings. The van der Waals surface area contributed by atoms with Crippen LogP contribution in [0.4, 0.5) is 5.69 Å². The lowest BCUT2D eigenvalue weighted by atomic mass is 10.3. The van der Waals surface area contributed by atoms with Gasteiger partial charge in [-0.1, -0.05) is 6.08 Å². The third-order valence-corrected chi connectivity index (χ3v) is 3.79. The summed E-state index contributed by atoms with van der Waals surface area (Å²) in [4.78, 5) is 33.7. The van der Waals surface area contributed by atoms with E-state index in [0.717, 1.165) is 5.69 Å². The monoisotopic (exact) mass is 475 g/mol. The Morgan fingerprint density at radius 2 is 2.19 bits per heavy atom. The van der Waals surface area contributed by atoms with Gasteiger partial charge in [0.1, 0.15) is 13.1 Å². The molecule has 26 heavy (non-hydrogen) atoms. The molecule has 0 aliphatic carbocycles. The number of aliphatic imine (C=N–C) groups is 1. The minimum atomic E-state index is -0.0989. The van der Waals surface area contributed by atoms with Crippen molar-refractivity contribution in [3.63, 3.8) is 0 Å². The molecule has 144 valence electrons. The van der Waals surface area contributed by atoms with E-state index in [4.69, 9.17) is 0 Å². The van der Waals surface area contributed by atoms with Gasteiger partial charge in [0.15, 0.2) is 5.96 Å². The lowest BCUT2D eigenvalue weighted by Gasteiger charge is -2.35. The van der Waals surface area contributed by atoms with Crippen LogP contribution in [0.2, 0.25) is 0 Å². The molecule has 0 bridgehead atoms. The van der Waals surface area contributed by atoms with Crippen molar-refractivity contribution in [1.29, 1.82) is 0 Å². The zero-order valence-corrected chi connectivity index (χ0v) is 17.7. The number of halogens is 1. The highest BCUT2D eigenvalue weighted by atomic mass is 127. The third kappa shape index (κ3) is 5.71. The second-order valence-electron chi connectivity index (χ2n) is 5.94. The quantitative estimate of drug-likeness (QED) is 0.279. The van der Waals surface area contributed by atoms with Gasteiger partial charge in [0.2, 0.25) is 11.8 Å². The number of guanidine groups is 1. The molecule has 0 spiro atoms. The highest BCUT2D eigenvalue weighted by Crippen LogP contribution is 2.16. The standard InChI is InChI=1S/C16H25N7O2.HI/c1-5-6-17-16(18-10-14(24)20(2)3)22-7-8-23(15(25)12-22)13-9-19-21(4)11-13;/h5,9,11H,1,6-8,10,12H2,2-4H3,(H,17,18);1H. The number of hydrogen-bond acceptors (Lipinski definition) is 4. The van der Waals surface area contributed by atoms with Gasteiger partial charge in [0.05, 0.1) is 11.9 Å². The van der Waals surface area contributed by atoms with E-state index in [1.54, 1.807) is 35.9 Å². The van der Waals surface area contributed by atoms with Crippen molar-refractivity contribution in [3.8, 4) is 0 Å². The number of anilines is 1. The number of rotatable bonds is 5. The predicted molar refractivity (Wildman–Crippen MR) is 112 cm³/mol. The van der Waals surface area contributed by atoms with Crippen LogP contribution >= 0.6 is 24.0 Å². The van der Waals surface area contributed by atoms with Crippen molar-refractivity contribution in [2.45, 2.75) is 0 Å². The Balaban J connectivity index is 0.00000338. The summed E-state index contributed by atoms with van der Waals surface area (Å²) in [7, 11) is 5.19. The van der Waals surface area contributed by atoms with Gasteiger partial charge in [0.25, 0.3) is 0 Å². The van der Waals surface area contributed by atoms with E-state index in [9.17, 15) is 9.59 Å². The molecule has 1 saturated heterocycles. The fourth-order valence-electron chi connectivity index (χ4n) is 2.39. The minimum Gasteiger partial charge on any atom is -0.353 e. The van der Waals surface area contributed by atoms with Crippen LogP contribution in [0.5, 0.6) is 0 Å². The highest BCUT2D eigenvalue weighted by molar-refractivity contribution is 14.0. The summed E-state index contributed by atoms with van der Waals surface area (Å²) in [6.07, 6.45) is 5.19. The summed E-state index contributed by atoms with van der Waals surface area (Å²) >= 11 is 0. The second-order valence-corrected chi connectivity index (χ2v) is 5.94. The molecule has 0 saturated carbocycles. The Labute approximate surface area is 170 Å². The number of amides is 2. The van der Waals surface area contributed by atoms with Gasteiger partial charge in [-0.2, -0.15) is 5.10 Å². The zero-order valence-electron chi connectivity index (χ0n) is 15.4. The molecule has 1 N–H and O–H groups in total. The van der Waals surface area contributed by atoms with Crippen molar-refractivity contribution in [1.82, 2.24) is 24.9 Å². The molecule has 1 aliphatic heterocycles. The van der Waals surface area contributed by atoms with Crippen molar-refractivity contribution in [3.05, 3.63) is 25.0 Å². The van der Waals surface area contributed by atoms with Gasteiger partial charge >= 0.3 is 0 Å². The van der Waals surface area contributed by atoms with E-state index < -0.39 is 0 Å². The van der Waals surface area contributed by atoms with Crippen molar-refractivity contribution in [2.75, 3.05) is 51.7 Å². The van der Waals surface area contributed by atoms with Gasteiger partial charge in [-0.3, -0.25) is 14.3 Å². The maximum atomic E-state index is 12.5. The number of aromatic nitrogens is 2.